The molecule has 1 N–H and O–H groups in total. The van der Waals surface area contributed by atoms with Crippen molar-refractivity contribution in [3.8, 4) is 5.75 Å². The Morgan fingerprint density at radius 3 is 2.34 bits per heavy atom. The third-order valence-corrected chi connectivity index (χ3v) is 4.29. The van der Waals surface area contributed by atoms with Gasteiger partial charge in [-0.2, -0.15) is 5.10 Å². The molecule has 0 heterocycles. The Balaban J connectivity index is 1.51. The summed E-state index contributed by atoms with van der Waals surface area (Å²) >= 11 is 0. The molecule has 0 saturated heterocycles. The summed E-state index contributed by atoms with van der Waals surface area (Å²) in [6.45, 7) is 4.38. The molecular weight excluding hydrogens is 360 g/mol. The van der Waals surface area contributed by atoms with Gasteiger partial charge in [-0.15, -0.1) is 0 Å². The van der Waals surface area contributed by atoms with Crippen LogP contribution >= 0.6 is 0 Å². The van der Waals surface area contributed by atoms with E-state index in [1.165, 1.54) is 5.56 Å². The Morgan fingerprint density at radius 1 is 0.966 bits per heavy atom. The van der Waals surface area contributed by atoms with E-state index in [9.17, 15) is 4.79 Å². The molecule has 0 bridgehead atoms. The Hall–Kier alpha value is -3.66. The zero-order valence-electron chi connectivity index (χ0n) is 16.6. The fourth-order valence-corrected chi connectivity index (χ4v) is 2.58. The fourth-order valence-electron chi connectivity index (χ4n) is 2.58. The van der Waals surface area contributed by atoms with E-state index in [1.807, 2.05) is 61.5 Å². The predicted octanol–water partition coefficient (Wildman–Crippen LogP) is 5.39. The maximum absolute atomic E-state index is 12.3. The lowest BCUT2D eigenvalue weighted by Gasteiger charge is -2.07. The van der Waals surface area contributed by atoms with Crippen molar-refractivity contribution in [3.63, 3.8) is 0 Å². The molecule has 29 heavy (non-hydrogen) atoms. The van der Waals surface area contributed by atoms with Crippen LogP contribution in [0.25, 0.3) is 6.08 Å². The van der Waals surface area contributed by atoms with Gasteiger partial charge in [-0.25, -0.2) is 5.43 Å². The van der Waals surface area contributed by atoms with Crippen molar-refractivity contribution in [1.29, 1.82) is 0 Å². The van der Waals surface area contributed by atoms with Crippen LogP contribution in [0.2, 0.25) is 0 Å². The number of nitrogens with zero attached hydrogens (tertiary/aromatic N) is 1. The predicted molar refractivity (Wildman–Crippen MR) is 118 cm³/mol. The van der Waals surface area contributed by atoms with Crippen LogP contribution in [0.5, 0.6) is 5.75 Å². The molecule has 4 heteroatoms. The van der Waals surface area contributed by atoms with Crippen molar-refractivity contribution in [2.75, 3.05) is 0 Å². The summed E-state index contributed by atoms with van der Waals surface area (Å²) in [5, 5.41) is 4.12. The second-order valence-electron chi connectivity index (χ2n) is 6.74. The summed E-state index contributed by atoms with van der Waals surface area (Å²) in [6, 6.07) is 25.2. The van der Waals surface area contributed by atoms with Crippen LogP contribution in [0.4, 0.5) is 0 Å². The van der Waals surface area contributed by atoms with Crippen molar-refractivity contribution in [2.24, 2.45) is 5.10 Å². The molecule has 0 saturated carbocycles. The van der Waals surface area contributed by atoms with Crippen LogP contribution in [-0.2, 0) is 6.61 Å². The van der Waals surface area contributed by atoms with Crippen LogP contribution in [0, 0.1) is 6.92 Å². The van der Waals surface area contributed by atoms with Gasteiger partial charge in [-0.1, -0.05) is 66.2 Å². The van der Waals surface area contributed by atoms with Crippen molar-refractivity contribution in [1.82, 2.24) is 5.43 Å². The van der Waals surface area contributed by atoms with Crippen molar-refractivity contribution in [3.05, 3.63) is 107 Å². The average molecular weight is 384 g/mol. The van der Waals surface area contributed by atoms with Crippen molar-refractivity contribution in [2.45, 2.75) is 20.5 Å². The number of carbonyl (C=O) groups excluding carboxylic acids is 1. The van der Waals surface area contributed by atoms with Gasteiger partial charge >= 0.3 is 0 Å². The number of ether oxygens (including phenoxy) is 1. The van der Waals surface area contributed by atoms with Crippen LogP contribution in [0.15, 0.2) is 90.0 Å². The molecule has 1 amide bonds. The van der Waals surface area contributed by atoms with Gasteiger partial charge in [0.05, 0.1) is 5.71 Å². The Labute approximate surface area is 171 Å². The molecule has 0 aliphatic rings. The lowest BCUT2D eigenvalue weighted by molar-refractivity contribution is 0.0955. The van der Waals surface area contributed by atoms with Crippen LogP contribution in [0.3, 0.4) is 0 Å². The largest absolute Gasteiger partial charge is 0.489 e. The molecule has 0 unspecified atom stereocenters. The summed E-state index contributed by atoms with van der Waals surface area (Å²) < 4.78 is 5.77. The molecule has 146 valence electrons. The molecule has 0 aromatic heterocycles. The summed E-state index contributed by atoms with van der Waals surface area (Å²) in [5.74, 6) is 0.454. The first kappa shape index (κ1) is 20.1. The second kappa shape index (κ2) is 10.0. The Kier molecular flexibility index (Phi) is 6.95. The van der Waals surface area contributed by atoms with Gasteiger partial charge in [0.1, 0.15) is 12.4 Å². The quantitative estimate of drug-likeness (QED) is 0.438. The number of hydrazone groups is 1. The third-order valence-electron chi connectivity index (χ3n) is 4.29. The summed E-state index contributed by atoms with van der Waals surface area (Å²) in [4.78, 5) is 12.3. The summed E-state index contributed by atoms with van der Waals surface area (Å²) in [7, 11) is 0. The summed E-state index contributed by atoms with van der Waals surface area (Å²) in [5.41, 5.74) is 7.21. The third kappa shape index (κ3) is 6.47. The normalized spacial score (nSPS) is 11.4. The van der Waals surface area contributed by atoms with E-state index >= 15 is 0 Å². The monoisotopic (exact) mass is 384 g/mol. The molecule has 0 fully saturated rings. The Morgan fingerprint density at radius 2 is 1.66 bits per heavy atom. The van der Waals surface area contributed by atoms with Crippen LogP contribution in [-0.4, -0.2) is 11.6 Å². The van der Waals surface area contributed by atoms with E-state index in [0.29, 0.717) is 23.6 Å². The van der Waals surface area contributed by atoms with Crippen LogP contribution in [0.1, 0.15) is 34.0 Å². The van der Waals surface area contributed by atoms with Gasteiger partial charge < -0.3 is 4.74 Å². The topological polar surface area (TPSA) is 50.7 Å². The summed E-state index contributed by atoms with van der Waals surface area (Å²) in [6.07, 6.45) is 3.81. The average Bonchev–Trinajstić information content (AvgIpc) is 2.76. The molecular formula is C25H24N2O2. The molecule has 4 nitrogen and oxygen atoms in total. The molecule has 0 aliphatic heterocycles. The van der Waals surface area contributed by atoms with Gasteiger partial charge in [0.15, 0.2) is 0 Å². The standard InChI is InChI=1S/C25H24N2O2/c1-19-8-11-22(12-9-19)18-29-24-16-14-23(15-17-24)25(28)27-26-20(2)10-13-21-6-4-3-5-7-21/h3-17H,18H2,1-2H3,(H,27,28)/b13-10+,26-20+. The lowest BCUT2D eigenvalue weighted by Crippen LogP contribution is -2.18. The minimum atomic E-state index is -0.262. The number of hydrogen-bond acceptors (Lipinski definition) is 3. The minimum absolute atomic E-state index is 0.262. The Bertz CT molecular complexity index is 989. The smallest absolute Gasteiger partial charge is 0.271 e. The second-order valence-corrected chi connectivity index (χ2v) is 6.74. The number of amides is 1. The highest BCUT2D eigenvalue weighted by atomic mass is 16.5. The first-order chi connectivity index (χ1) is 14.1. The number of hydrogen-bond donors (Lipinski definition) is 1. The van der Waals surface area contributed by atoms with E-state index in [-0.39, 0.29) is 5.91 Å². The zero-order valence-corrected chi connectivity index (χ0v) is 16.6. The first-order valence-electron chi connectivity index (χ1n) is 9.46. The number of allylic oxidation sites excluding steroid dienone is 1. The van der Waals surface area contributed by atoms with Gasteiger partial charge in [0, 0.05) is 5.56 Å². The van der Waals surface area contributed by atoms with E-state index in [4.69, 9.17) is 4.74 Å². The molecule has 0 aliphatic carbocycles. The minimum Gasteiger partial charge on any atom is -0.489 e. The lowest BCUT2D eigenvalue weighted by atomic mass is 10.2. The van der Waals surface area contributed by atoms with Crippen molar-refractivity contribution >= 4 is 17.7 Å². The molecule has 0 radical (unpaired) electrons. The van der Waals surface area contributed by atoms with Gasteiger partial charge in [-0.3, -0.25) is 4.79 Å². The highest BCUT2D eigenvalue weighted by Gasteiger charge is 2.05. The molecule has 0 atom stereocenters. The number of benzene rings is 3. The number of nitrogens with one attached hydrogen (secondary N) is 1. The van der Waals surface area contributed by atoms with Gasteiger partial charge in [0.25, 0.3) is 5.91 Å². The van der Waals surface area contributed by atoms with E-state index in [1.54, 1.807) is 24.3 Å². The zero-order chi connectivity index (χ0) is 20.5. The van der Waals surface area contributed by atoms with Gasteiger partial charge in [-0.05, 0) is 55.3 Å². The molecule has 0 spiro atoms. The van der Waals surface area contributed by atoms with E-state index in [0.717, 1.165) is 11.1 Å². The number of carbonyl (C=O) groups is 1. The maximum atomic E-state index is 12.3. The van der Waals surface area contributed by atoms with Gasteiger partial charge in [0.2, 0.25) is 0 Å². The number of rotatable bonds is 7. The fraction of sp³-hybridized carbons (Fsp3) is 0.120. The first-order valence-corrected chi connectivity index (χ1v) is 9.46. The highest BCUT2D eigenvalue weighted by Crippen LogP contribution is 2.14. The molecule has 3 aromatic rings. The van der Waals surface area contributed by atoms with Crippen molar-refractivity contribution < 1.29 is 9.53 Å². The maximum Gasteiger partial charge on any atom is 0.271 e. The number of aryl methyl sites for hydroxylation is 1. The molecule has 3 aromatic carbocycles. The highest BCUT2D eigenvalue weighted by molar-refractivity contribution is 5.99. The van der Waals surface area contributed by atoms with Crippen LogP contribution < -0.4 is 10.2 Å². The van der Waals surface area contributed by atoms with E-state index < -0.39 is 0 Å². The molecule has 3 rings (SSSR count). The van der Waals surface area contributed by atoms with E-state index in [2.05, 4.69) is 29.6 Å². The SMILES string of the molecule is CC(/C=C/c1ccccc1)=N\NC(=O)c1ccc(OCc2ccc(C)cc2)cc1.